The molecular weight excluding hydrogens is 208 g/mol. The number of furan rings is 1. The Balaban J connectivity index is 0.000000329. The molecular formula is C16H18O. The Hall–Kier alpha value is -1.76. The normalized spacial score (nSPS) is 10.3. The van der Waals surface area contributed by atoms with Crippen molar-refractivity contribution < 1.29 is 4.42 Å². The Kier molecular flexibility index (Phi) is 3.48. The average molecular weight is 226 g/mol. The van der Waals surface area contributed by atoms with E-state index < -0.39 is 0 Å². The fourth-order valence-electron chi connectivity index (χ4n) is 1.84. The summed E-state index contributed by atoms with van der Waals surface area (Å²) in [6.07, 6.45) is 1.25. The average Bonchev–Trinajstić information content (AvgIpc) is 2.68. The molecule has 3 aromatic rings. The third-order valence-electron chi connectivity index (χ3n) is 2.53. The van der Waals surface area contributed by atoms with Crippen LogP contribution in [0.25, 0.3) is 21.9 Å². The largest absolute Gasteiger partial charge is 0.456 e. The Labute approximate surface area is 102 Å². The molecule has 0 aliphatic rings. The molecule has 0 amide bonds. The summed E-state index contributed by atoms with van der Waals surface area (Å²) in [6, 6.07) is 14.4. The van der Waals surface area contributed by atoms with Crippen LogP contribution in [0.1, 0.15) is 25.8 Å². The van der Waals surface area contributed by atoms with E-state index in [9.17, 15) is 0 Å². The molecule has 0 spiro atoms. The number of aryl methyl sites for hydroxylation is 1. The van der Waals surface area contributed by atoms with Gasteiger partial charge in [0.25, 0.3) is 0 Å². The molecule has 0 N–H and O–H groups in total. The van der Waals surface area contributed by atoms with Gasteiger partial charge in [-0.15, -0.1) is 0 Å². The smallest absolute Gasteiger partial charge is 0.135 e. The first-order chi connectivity index (χ1) is 8.26. The lowest BCUT2D eigenvalue weighted by Crippen LogP contribution is -1.69. The van der Waals surface area contributed by atoms with Crippen molar-refractivity contribution in [1.82, 2.24) is 0 Å². The van der Waals surface area contributed by atoms with Crippen molar-refractivity contribution in [2.45, 2.75) is 27.2 Å². The van der Waals surface area contributed by atoms with Gasteiger partial charge in [0, 0.05) is 10.8 Å². The van der Waals surface area contributed by atoms with E-state index in [0.29, 0.717) is 0 Å². The molecule has 0 aliphatic carbocycles. The fraction of sp³-hybridized carbons (Fsp3) is 0.250. The lowest BCUT2D eigenvalue weighted by molar-refractivity contribution is 0.669. The minimum absolute atomic E-state index is 0.966. The van der Waals surface area contributed by atoms with Gasteiger partial charge in [-0.05, 0) is 25.1 Å². The molecule has 0 fully saturated rings. The summed E-state index contributed by atoms with van der Waals surface area (Å²) in [5.41, 5.74) is 3.20. The molecule has 1 heteroatoms. The molecule has 88 valence electrons. The molecule has 2 aromatic carbocycles. The van der Waals surface area contributed by atoms with Gasteiger partial charge >= 0.3 is 0 Å². The van der Waals surface area contributed by atoms with Gasteiger partial charge in [-0.1, -0.05) is 50.1 Å². The van der Waals surface area contributed by atoms with Crippen LogP contribution in [0.4, 0.5) is 0 Å². The highest BCUT2D eigenvalue weighted by atomic mass is 16.3. The van der Waals surface area contributed by atoms with Crippen molar-refractivity contribution in [2.75, 3.05) is 0 Å². The fourth-order valence-corrected chi connectivity index (χ4v) is 1.84. The van der Waals surface area contributed by atoms with E-state index in [-0.39, 0.29) is 0 Å². The maximum absolute atomic E-state index is 5.71. The number of fused-ring (bicyclic) bond motifs is 3. The Morgan fingerprint density at radius 1 is 0.882 bits per heavy atom. The summed E-state index contributed by atoms with van der Waals surface area (Å²) in [5, 5.41) is 2.41. The quantitative estimate of drug-likeness (QED) is 0.506. The van der Waals surface area contributed by atoms with Gasteiger partial charge in [-0.25, -0.2) is 0 Å². The maximum Gasteiger partial charge on any atom is 0.135 e. The van der Waals surface area contributed by atoms with Gasteiger partial charge in [0.05, 0.1) is 0 Å². The van der Waals surface area contributed by atoms with Gasteiger partial charge < -0.3 is 4.42 Å². The van der Waals surface area contributed by atoms with E-state index in [4.69, 9.17) is 4.42 Å². The lowest BCUT2D eigenvalue weighted by atomic mass is 10.1. The summed E-state index contributed by atoms with van der Waals surface area (Å²) < 4.78 is 5.71. The van der Waals surface area contributed by atoms with Crippen molar-refractivity contribution in [3.05, 3.63) is 48.0 Å². The minimum Gasteiger partial charge on any atom is -0.456 e. The molecule has 3 rings (SSSR count). The van der Waals surface area contributed by atoms with E-state index in [1.54, 1.807) is 0 Å². The van der Waals surface area contributed by atoms with Gasteiger partial charge in [0.1, 0.15) is 11.2 Å². The highest BCUT2D eigenvalue weighted by Crippen LogP contribution is 2.28. The number of hydrogen-bond acceptors (Lipinski definition) is 1. The Morgan fingerprint density at radius 3 is 2.29 bits per heavy atom. The Morgan fingerprint density at radius 2 is 1.53 bits per heavy atom. The van der Waals surface area contributed by atoms with Crippen LogP contribution in [0.3, 0.4) is 0 Å². The summed E-state index contributed by atoms with van der Waals surface area (Å²) in [4.78, 5) is 0. The Bertz CT molecular complexity index is 620. The zero-order valence-electron chi connectivity index (χ0n) is 10.7. The molecule has 0 saturated heterocycles. The van der Waals surface area contributed by atoms with Crippen molar-refractivity contribution in [1.29, 1.82) is 0 Å². The molecule has 17 heavy (non-hydrogen) atoms. The van der Waals surface area contributed by atoms with Gasteiger partial charge in [-0.2, -0.15) is 0 Å². The van der Waals surface area contributed by atoms with Crippen LogP contribution < -0.4 is 0 Å². The van der Waals surface area contributed by atoms with E-state index in [1.807, 2.05) is 24.3 Å². The second-order valence-electron chi connectivity index (χ2n) is 4.30. The highest BCUT2D eigenvalue weighted by Gasteiger charge is 2.04. The van der Waals surface area contributed by atoms with Crippen LogP contribution in [0.5, 0.6) is 0 Å². The number of benzene rings is 2. The molecule has 1 nitrogen and oxygen atoms in total. The summed E-state index contributed by atoms with van der Waals surface area (Å²) >= 11 is 0. The third-order valence-corrected chi connectivity index (χ3v) is 2.53. The molecule has 0 unspecified atom stereocenters. The first-order valence-corrected chi connectivity index (χ1v) is 6.14. The van der Waals surface area contributed by atoms with Gasteiger partial charge in [0.15, 0.2) is 0 Å². The summed E-state index contributed by atoms with van der Waals surface area (Å²) in [5.74, 6) is 0. The molecule has 1 aromatic heterocycles. The van der Waals surface area contributed by atoms with Crippen LogP contribution in [0.15, 0.2) is 46.9 Å². The molecule has 0 saturated carbocycles. The van der Waals surface area contributed by atoms with Gasteiger partial charge in [0.2, 0.25) is 0 Å². The summed E-state index contributed by atoms with van der Waals surface area (Å²) in [7, 11) is 0. The van der Waals surface area contributed by atoms with E-state index in [1.165, 1.54) is 22.8 Å². The van der Waals surface area contributed by atoms with Crippen molar-refractivity contribution in [2.24, 2.45) is 0 Å². The van der Waals surface area contributed by atoms with Gasteiger partial charge in [-0.3, -0.25) is 0 Å². The number of hydrogen-bond donors (Lipinski definition) is 0. The van der Waals surface area contributed by atoms with Crippen molar-refractivity contribution >= 4 is 21.9 Å². The second-order valence-corrected chi connectivity index (χ2v) is 4.30. The van der Waals surface area contributed by atoms with Crippen molar-refractivity contribution in [3.63, 3.8) is 0 Å². The molecule has 0 atom stereocenters. The highest BCUT2D eigenvalue weighted by molar-refractivity contribution is 6.04. The maximum atomic E-state index is 5.71. The monoisotopic (exact) mass is 226 g/mol. The molecule has 0 radical (unpaired) electrons. The zero-order chi connectivity index (χ0) is 12.3. The van der Waals surface area contributed by atoms with Crippen LogP contribution in [0, 0.1) is 6.92 Å². The number of para-hydroxylation sites is 1. The standard InChI is InChI=1S/C13H10O.C3H8/c1-9-6-7-13-11(8-9)10-4-2-3-5-12(10)14-13;1-3-2/h2-8H,1H3;3H2,1-2H3. The van der Waals surface area contributed by atoms with E-state index in [0.717, 1.165) is 11.2 Å². The van der Waals surface area contributed by atoms with Crippen LogP contribution in [0.2, 0.25) is 0 Å². The lowest BCUT2D eigenvalue weighted by Gasteiger charge is -1.90. The predicted octanol–water partition coefficient (Wildman–Crippen LogP) is 5.31. The first-order valence-electron chi connectivity index (χ1n) is 6.14. The molecule has 0 aliphatic heterocycles. The van der Waals surface area contributed by atoms with Crippen molar-refractivity contribution in [3.8, 4) is 0 Å². The molecule has 1 heterocycles. The predicted molar refractivity (Wildman–Crippen MR) is 74.4 cm³/mol. The van der Waals surface area contributed by atoms with E-state index in [2.05, 4.69) is 39.0 Å². The summed E-state index contributed by atoms with van der Waals surface area (Å²) in [6.45, 7) is 6.35. The number of rotatable bonds is 0. The topological polar surface area (TPSA) is 13.1 Å². The van der Waals surface area contributed by atoms with Crippen LogP contribution in [-0.2, 0) is 0 Å². The van der Waals surface area contributed by atoms with E-state index >= 15 is 0 Å². The van der Waals surface area contributed by atoms with Crippen LogP contribution >= 0.6 is 0 Å². The molecule has 0 bridgehead atoms. The third kappa shape index (κ3) is 2.33. The zero-order valence-corrected chi connectivity index (χ0v) is 10.7. The minimum atomic E-state index is 0.966. The van der Waals surface area contributed by atoms with Crippen LogP contribution in [-0.4, -0.2) is 0 Å². The SMILES string of the molecule is CCC.Cc1ccc2oc3ccccc3c2c1. The second kappa shape index (κ2) is 5.05. The first kappa shape index (κ1) is 11.7.